The summed E-state index contributed by atoms with van der Waals surface area (Å²) < 4.78 is 33.2. The molecule has 1 fully saturated rings. The van der Waals surface area contributed by atoms with E-state index >= 15 is 0 Å². The largest absolute Gasteiger partial charge is 0.449 e. The third-order valence-electron chi connectivity index (χ3n) is 6.06. The fraction of sp³-hybridized carbons (Fsp3) is 0.360. The lowest BCUT2D eigenvalue weighted by Gasteiger charge is -2.31. The predicted octanol–water partition coefficient (Wildman–Crippen LogP) is 5.18. The van der Waals surface area contributed by atoms with Gasteiger partial charge >= 0.3 is 6.09 Å². The summed E-state index contributed by atoms with van der Waals surface area (Å²) in [4.78, 5) is 29.3. The molecule has 2 amide bonds. The molecule has 0 spiro atoms. The second-order valence-corrected chi connectivity index (χ2v) is 8.91. The van der Waals surface area contributed by atoms with Gasteiger partial charge < -0.3 is 20.4 Å². The van der Waals surface area contributed by atoms with Crippen LogP contribution in [0.15, 0.2) is 36.5 Å². The molecule has 0 saturated carbocycles. The molecule has 33 heavy (non-hydrogen) atoms. The zero-order valence-corrected chi connectivity index (χ0v) is 18.7. The number of likely N-dealkylation sites (tertiary alicyclic amines) is 1. The Bertz CT molecular complexity index is 1200. The summed E-state index contributed by atoms with van der Waals surface area (Å²) in [7, 11) is 0. The Morgan fingerprint density at radius 3 is 2.55 bits per heavy atom. The van der Waals surface area contributed by atoms with Gasteiger partial charge in [-0.1, -0.05) is 13.8 Å². The van der Waals surface area contributed by atoms with Crippen LogP contribution in [0.2, 0.25) is 0 Å². The Balaban J connectivity index is 1.64. The lowest BCUT2D eigenvalue weighted by Crippen LogP contribution is -2.38. The van der Waals surface area contributed by atoms with Gasteiger partial charge in [0.25, 0.3) is 5.91 Å². The standard InChI is InChI=1S/C25H27F2N3O3/c1-14(2)13-33-25(32)30-7-5-15(6-8-30)21-12-29-23-19(21)9-16(10-20(23)24(28)31)18-4-3-17(26)11-22(18)27/h3-4,9-12,14-15,29H,5-8,13H2,1-2H3,(H2,28,31). The van der Waals surface area contributed by atoms with Crippen LogP contribution < -0.4 is 5.73 Å². The van der Waals surface area contributed by atoms with E-state index in [0.717, 1.165) is 29.9 Å². The fourth-order valence-electron chi connectivity index (χ4n) is 4.37. The van der Waals surface area contributed by atoms with E-state index in [9.17, 15) is 18.4 Å². The van der Waals surface area contributed by atoms with Crippen LogP contribution in [0.4, 0.5) is 13.6 Å². The lowest BCUT2D eigenvalue weighted by atomic mass is 9.88. The molecule has 0 unspecified atom stereocenters. The van der Waals surface area contributed by atoms with Gasteiger partial charge in [-0.2, -0.15) is 0 Å². The zero-order chi connectivity index (χ0) is 23.7. The number of ether oxygens (including phenoxy) is 1. The van der Waals surface area contributed by atoms with Gasteiger partial charge in [-0.25, -0.2) is 13.6 Å². The van der Waals surface area contributed by atoms with Crippen LogP contribution in [0.25, 0.3) is 22.0 Å². The van der Waals surface area contributed by atoms with E-state index < -0.39 is 17.5 Å². The minimum absolute atomic E-state index is 0.141. The smallest absolute Gasteiger partial charge is 0.409 e. The molecule has 8 heteroatoms. The van der Waals surface area contributed by atoms with E-state index in [0.29, 0.717) is 30.8 Å². The summed E-state index contributed by atoms with van der Waals surface area (Å²) in [5, 5.41) is 0.769. The quantitative estimate of drug-likeness (QED) is 0.555. The molecule has 0 radical (unpaired) electrons. The Morgan fingerprint density at radius 1 is 1.18 bits per heavy atom. The highest BCUT2D eigenvalue weighted by Gasteiger charge is 2.27. The number of H-pyrrole nitrogens is 1. The first-order valence-electron chi connectivity index (χ1n) is 11.1. The van der Waals surface area contributed by atoms with Crippen molar-refractivity contribution >= 4 is 22.9 Å². The number of nitrogens with one attached hydrogen (secondary N) is 1. The van der Waals surface area contributed by atoms with Crippen molar-refractivity contribution in [1.29, 1.82) is 0 Å². The topological polar surface area (TPSA) is 88.4 Å². The third kappa shape index (κ3) is 4.69. The van der Waals surface area contributed by atoms with E-state index in [1.807, 2.05) is 20.0 Å². The molecule has 0 aliphatic carbocycles. The highest BCUT2D eigenvalue weighted by molar-refractivity contribution is 6.07. The van der Waals surface area contributed by atoms with Gasteiger partial charge in [-0.05, 0) is 60.1 Å². The van der Waals surface area contributed by atoms with Gasteiger partial charge in [0.1, 0.15) is 11.6 Å². The molecule has 1 aliphatic rings. The molecule has 0 bridgehead atoms. The van der Waals surface area contributed by atoms with Gasteiger partial charge in [0.05, 0.1) is 17.7 Å². The fourth-order valence-corrected chi connectivity index (χ4v) is 4.37. The number of carbonyl (C=O) groups is 2. The molecule has 2 heterocycles. The van der Waals surface area contributed by atoms with Crippen LogP contribution in [0.3, 0.4) is 0 Å². The number of hydrogen-bond acceptors (Lipinski definition) is 3. The Morgan fingerprint density at radius 2 is 1.91 bits per heavy atom. The van der Waals surface area contributed by atoms with Crippen LogP contribution in [-0.2, 0) is 4.74 Å². The van der Waals surface area contributed by atoms with Crippen molar-refractivity contribution < 1.29 is 23.1 Å². The molecule has 1 aliphatic heterocycles. The monoisotopic (exact) mass is 455 g/mol. The number of rotatable bonds is 5. The number of aromatic nitrogens is 1. The molecule has 4 rings (SSSR count). The number of amides is 2. The van der Waals surface area contributed by atoms with Crippen LogP contribution >= 0.6 is 0 Å². The maximum atomic E-state index is 14.5. The predicted molar refractivity (Wildman–Crippen MR) is 122 cm³/mol. The number of hydrogen-bond donors (Lipinski definition) is 2. The van der Waals surface area contributed by atoms with Gasteiger partial charge in [0.2, 0.25) is 0 Å². The maximum Gasteiger partial charge on any atom is 0.409 e. The second-order valence-electron chi connectivity index (χ2n) is 8.91. The van der Waals surface area contributed by atoms with Gasteiger partial charge in [0, 0.05) is 36.3 Å². The van der Waals surface area contributed by atoms with E-state index in [1.165, 1.54) is 18.2 Å². The minimum atomic E-state index is -0.713. The van der Waals surface area contributed by atoms with Crippen LogP contribution in [0.1, 0.15) is 48.5 Å². The van der Waals surface area contributed by atoms with E-state index in [-0.39, 0.29) is 29.1 Å². The number of halogens is 2. The number of carbonyl (C=O) groups excluding carboxylic acids is 2. The summed E-state index contributed by atoms with van der Waals surface area (Å²) >= 11 is 0. The summed E-state index contributed by atoms with van der Waals surface area (Å²) in [6.45, 7) is 5.48. The molecule has 3 N–H and O–H groups in total. The third-order valence-corrected chi connectivity index (χ3v) is 6.06. The van der Waals surface area contributed by atoms with Crippen molar-refractivity contribution in [3.8, 4) is 11.1 Å². The molecule has 0 atom stereocenters. The van der Waals surface area contributed by atoms with Crippen molar-refractivity contribution in [2.45, 2.75) is 32.6 Å². The average molecular weight is 456 g/mol. The van der Waals surface area contributed by atoms with Crippen molar-refractivity contribution in [2.75, 3.05) is 19.7 Å². The van der Waals surface area contributed by atoms with Crippen molar-refractivity contribution in [1.82, 2.24) is 9.88 Å². The minimum Gasteiger partial charge on any atom is -0.449 e. The molecule has 3 aromatic rings. The maximum absolute atomic E-state index is 14.5. The van der Waals surface area contributed by atoms with Gasteiger partial charge in [-0.3, -0.25) is 4.79 Å². The number of benzene rings is 2. The first-order chi connectivity index (χ1) is 15.7. The van der Waals surface area contributed by atoms with E-state index in [2.05, 4.69) is 4.98 Å². The number of primary amides is 1. The Kier molecular flexibility index (Phi) is 6.35. The Hall–Kier alpha value is -3.42. The lowest BCUT2D eigenvalue weighted by molar-refractivity contribution is 0.0834. The van der Waals surface area contributed by atoms with Gasteiger partial charge in [0.15, 0.2) is 0 Å². The van der Waals surface area contributed by atoms with Gasteiger partial charge in [-0.15, -0.1) is 0 Å². The van der Waals surface area contributed by atoms with Crippen LogP contribution in [-0.4, -0.2) is 41.6 Å². The number of nitrogens with two attached hydrogens (primary N) is 1. The van der Waals surface area contributed by atoms with Crippen molar-refractivity contribution in [3.63, 3.8) is 0 Å². The van der Waals surface area contributed by atoms with E-state index in [1.54, 1.807) is 11.0 Å². The number of aromatic amines is 1. The summed E-state index contributed by atoms with van der Waals surface area (Å²) in [6, 6.07) is 6.67. The number of piperidine rings is 1. The molecule has 174 valence electrons. The van der Waals surface area contributed by atoms with Crippen LogP contribution in [0.5, 0.6) is 0 Å². The first kappa shape index (κ1) is 22.8. The number of nitrogens with zero attached hydrogens (tertiary/aromatic N) is 1. The Labute approximate surface area is 190 Å². The molecule has 6 nitrogen and oxygen atoms in total. The second kappa shape index (κ2) is 9.21. The highest BCUT2D eigenvalue weighted by Crippen LogP contribution is 2.37. The normalized spacial score (nSPS) is 14.8. The SMILES string of the molecule is CC(C)COC(=O)N1CCC(c2c[nH]c3c(C(N)=O)cc(-c4ccc(F)cc4F)cc23)CC1. The summed E-state index contributed by atoms with van der Waals surface area (Å²) in [6.07, 6.45) is 3.00. The van der Waals surface area contributed by atoms with Crippen molar-refractivity contribution in [3.05, 3.63) is 59.3 Å². The first-order valence-corrected chi connectivity index (χ1v) is 11.1. The number of fused-ring (bicyclic) bond motifs is 1. The summed E-state index contributed by atoms with van der Waals surface area (Å²) in [5.74, 6) is -1.61. The molecule has 2 aromatic carbocycles. The molecule has 1 aromatic heterocycles. The zero-order valence-electron chi connectivity index (χ0n) is 18.7. The molecule has 1 saturated heterocycles. The average Bonchev–Trinajstić information content (AvgIpc) is 3.20. The molecular weight excluding hydrogens is 428 g/mol. The van der Waals surface area contributed by atoms with E-state index in [4.69, 9.17) is 10.5 Å². The van der Waals surface area contributed by atoms with Crippen LogP contribution in [0, 0.1) is 17.6 Å². The highest BCUT2D eigenvalue weighted by atomic mass is 19.1. The molecular formula is C25H27F2N3O3. The van der Waals surface area contributed by atoms with Crippen molar-refractivity contribution in [2.24, 2.45) is 11.7 Å². The summed E-state index contributed by atoms with van der Waals surface area (Å²) in [5.41, 5.74) is 8.05.